The highest BCUT2D eigenvalue weighted by Crippen LogP contribution is 2.30. The maximum atomic E-state index is 13.5. The van der Waals surface area contributed by atoms with E-state index in [9.17, 15) is 28.8 Å². The first kappa shape index (κ1) is 42.9. The van der Waals surface area contributed by atoms with Gasteiger partial charge < -0.3 is 29.3 Å². The van der Waals surface area contributed by atoms with Crippen LogP contribution in [0.3, 0.4) is 0 Å². The molecule has 54 heavy (non-hydrogen) atoms. The minimum Gasteiger partial charge on any atom is -0.494 e. The fraction of sp³-hybridized carbons (Fsp3) is 0.450. The lowest BCUT2D eigenvalue weighted by Gasteiger charge is -2.32. The Hall–Kier alpha value is -5.50. The molecule has 3 atom stereocenters. The van der Waals surface area contributed by atoms with Crippen molar-refractivity contribution in [2.24, 2.45) is 11.8 Å². The third kappa shape index (κ3) is 12.9. The highest BCUT2D eigenvalue weighted by molar-refractivity contribution is 6.00. The zero-order valence-corrected chi connectivity index (χ0v) is 31.6. The molecule has 0 unspecified atom stereocenters. The number of furan rings is 1. The van der Waals surface area contributed by atoms with Crippen LogP contribution in [0.25, 0.3) is 11.3 Å². The van der Waals surface area contributed by atoms with Crippen LogP contribution >= 0.6 is 0 Å². The summed E-state index contributed by atoms with van der Waals surface area (Å²) >= 11 is 0. The number of hydrogen-bond acceptors (Lipinski definition) is 11. The minimum atomic E-state index is -1.05. The van der Waals surface area contributed by atoms with Crippen LogP contribution in [0.1, 0.15) is 92.2 Å². The van der Waals surface area contributed by atoms with Crippen molar-refractivity contribution in [3.05, 3.63) is 77.6 Å². The summed E-state index contributed by atoms with van der Waals surface area (Å²) in [6.45, 7) is 5.99. The van der Waals surface area contributed by atoms with Gasteiger partial charge in [-0.25, -0.2) is 5.06 Å². The second-order valence-corrected chi connectivity index (χ2v) is 12.5. The number of benzene rings is 2. The molecule has 0 aliphatic carbocycles. The van der Waals surface area contributed by atoms with Crippen LogP contribution in [0.5, 0.6) is 5.75 Å². The predicted octanol–water partition coefficient (Wildman–Crippen LogP) is 5.64. The van der Waals surface area contributed by atoms with Crippen molar-refractivity contribution in [3.63, 3.8) is 0 Å². The van der Waals surface area contributed by atoms with Crippen molar-refractivity contribution in [3.8, 4) is 17.1 Å². The summed E-state index contributed by atoms with van der Waals surface area (Å²) in [4.78, 5) is 82.1. The van der Waals surface area contributed by atoms with E-state index >= 15 is 0 Å². The lowest BCUT2D eigenvalue weighted by Crippen LogP contribution is -2.48. The summed E-state index contributed by atoms with van der Waals surface area (Å²) < 4.78 is 21.0. The smallest absolute Gasteiger partial charge is 0.309 e. The van der Waals surface area contributed by atoms with Crippen molar-refractivity contribution in [2.45, 2.75) is 78.4 Å². The average Bonchev–Trinajstić information content (AvgIpc) is 3.69. The van der Waals surface area contributed by atoms with E-state index < -0.39 is 41.5 Å². The third-order valence-corrected chi connectivity index (χ3v) is 8.76. The van der Waals surface area contributed by atoms with Crippen LogP contribution in [0, 0.1) is 11.8 Å². The van der Waals surface area contributed by atoms with Crippen LogP contribution < -0.4 is 15.4 Å². The molecule has 14 heteroatoms. The zero-order valence-electron chi connectivity index (χ0n) is 31.6. The Labute approximate surface area is 315 Å². The Morgan fingerprint density at radius 2 is 1.65 bits per heavy atom. The highest BCUT2D eigenvalue weighted by atomic mass is 16.7. The van der Waals surface area contributed by atoms with E-state index in [1.165, 1.54) is 37.5 Å². The number of methoxy groups -OCH3 is 2. The van der Waals surface area contributed by atoms with Crippen molar-refractivity contribution in [1.29, 1.82) is 0 Å². The summed E-state index contributed by atoms with van der Waals surface area (Å²) in [5, 5.41) is 6.63. The van der Waals surface area contributed by atoms with Crippen molar-refractivity contribution >= 4 is 35.9 Å². The molecule has 0 saturated heterocycles. The summed E-state index contributed by atoms with van der Waals surface area (Å²) in [6.07, 6.45) is 3.58. The van der Waals surface area contributed by atoms with E-state index in [2.05, 4.69) is 22.3 Å². The number of esters is 2. The number of nitrogens with one attached hydrogen (secondary N) is 2. The minimum absolute atomic E-state index is 0.0508. The normalized spacial score (nSPS) is 12.5. The highest BCUT2D eigenvalue weighted by Gasteiger charge is 2.32. The topological polar surface area (TPSA) is 180 Å². The SMILES string of the molecule is CCCCC[C@@H](C(=O)NCNC(=O)c1ccc(-c2cc(OCC)cc(C(=O)C[C@H](CC(=O)OC)C(=O)OC)c2)o1)[C@@H](CC)N(C=O)OCc1ccccc1. The van der Waals surface area contributed by atoms with E-state index in [4.69, 9.17) is 18.7 Å². The monoisotopic (exact) mass is 749 g/mol. The second kappa shape index (κ2) is 22.5. The Morgan fingerprint density at radius 1 is 0.889 bits per heavy atom. The fourth-order valence-electron chi connectivity index (χ4n) is 5.91. The van der Waals surface area contributed by atoms with Gasteiger partial charge in [-0.3, -0.25) is 33.6 Å². The van der Waals surface area contributed by atoms with Gasteiger partial charge in [-0.15, -0.1) is 0 Å². The molecule has 0 fully saturated rings. The summed E-state index contributed by atoms with van der Waals surface area (Å²) in [6, 6.07) is 16.6. The molecule has 0 spiro atoms. The number of rotatable bonds is 24. The molecule has 0 radical (unpaired) electrons. The summed E-state index contributed by atoms with van der Waals surface area (Å²) in [7, 11) is 2.36. The van der Waals surface area contributed by atoms with Gasteiger partial charge >= 0.3 is 11.9 Å². The van der Waals surface area contributed by atoms with Gasteiger partial charge in [0.15, 0.2) is 11.5 Å². The number of hydrogen-bond donors (Lipinski definition) is 2. The Kier molecular flexibility index (Phi) is 17.9. The number of unbranched alkanes of at least 4 members (excludes halogenated alkanes) is 2. The van der Waals surface area contributed by atoms with Crippen molar-refractivity contribution in [2.75, 3.05) is 27.5 Å². The van der Waals surface area contributed by atoms with Gasteiger partial charge in [-0.1, -0.05) is 63.4 Å². The molecular formula is C40H51N3O11. The number of carbonyl (C=O) groups is 6. The number of hydroxylamine groups is 2. The second-order valence-electron chi connectivity index (χ2n) is 12.5. The van der Waals surface area contributed by atoms with Gasteiger partial charge in [-0.05, 0) is 55.7 Å². The fourth-order valence-corrected chi connectivity index (χ4v) is 5.91. The largest absolute Gasteiger partial charge is 0.494 e. The molecule has 3 rings (SSSR count). The quantitative estimate of drug-likeness (QED) is 0.0289. The Morgan fingerprint density at radius 3 is 2.30 bits per heavy atom. The van der Waals surface area contributed by atoms with Crippen molar-refractivity contribution < 1.29 is 52.2 Å². The van der Waals surface area contributed by atoms with Crippen LogP contribution in [-0.2, 0) is 40.1 Å². The number of Topliss-reactive ketones (excluding diaryl/α,β-unsaturated/α-hetero) is 1. The average molecular weight is 750 g/mol. The first-order valence-corrected chi connectivity index (χ1v) is 18.1. The van der Waals surface area contributed by atoms with E-state index in [1.54, 1.807) is 19.1 Å². The van der Waals surface area contributed by atoms with E-state index in [0.717, 1.165) is 24.8 Å². The van der Waals surface area contributed by atoms with E-state index in [-0.39, 0.29) is 49.1 Å². The molecule has 1 heterocycles. The van der Waals surface area contributed by atoms with Gasteiger partial charge in [0.05, 0.1) is 51.8 Å². The predicted molar refractivity (Wildman–Crippen MR) is 198 cm³/mol. The first-order valence-electron chi connectivity index (χ1n) is 18.1. The molecule has 0 aliphatic rings. The molecule has 14 nitrogen and oxygen atoms in total. The van der Waals surface area contributed by atoms with Gasteiger partial charge in [0, 0.05) is 17.5 Å². The van der Waals surface area contributed by atoms with Gasteiger partial charge in [0.1, 0.15) is 18.1 Å². The number of carbonyl (C=O) groups excluding carboxylic acids is 6. The molecule has 2 aromatic carbocycles. The zero-order chi connectivity index (χ0) is 39.5. The summed E-state index contributed by atoms with van der Waals surface area (Å²) in [5.74, 6) is -3.85. The number of nitrogens with zero attached hydrogens (tertiary/aromatic N) is 1. The molecule has 2 N–H and O–H groups in total. The first-order chi connectivity index (χ1) is 26.1. The van der Waals surface area contributed by atoms with Gasteiger partial charge in [0.2, 0.25) is 12.3 Å². The number of ether oxygens (including phenoxy) is 3. The molecule has 1 aromatic heterocycles. The van der Waals surface area contributed by atoms with Crippen LogP contribution in [0.2, 0.25) is 0 Å². The van der Waals surface area contributed by atoms with Gasteiger partial charge in [-0.2, -0.15) is 0 Å². The van der Waals surface area contributed by atoms with Crippen LogP contribution in [-0.4, -0.2) is 74.5 Å². The molecule has 3 aromatic rings. The lowest BCUT2D eigenvalue weighted by atomic mass is 9.90. The molecule has 0 bridgehead atoms. The molecule has 3 amide bonds. The molecule has 0 saturated carbocycles. The molecule has 0 aliphatic heterocycles. The number of ketones is 1. The molecule has 292 valence electrons. The van der Waals surface area contributed by atoms with Crippen molar-refractivity contribution in [1.82, 2.24) is 15.7 Å². The Balaban J connectivity index is 1.71. The van der Waals surface area contributed by atoms with E-state index in [1.807, 2.05) is 37.3 Å². The maximum absolute atomic E-state index is 13.5. The standard InChI is InChI=1S/C40H51N3O11/c1-6-9-11-16-32(33(7-2)43(26-44)53-24-27-14-12-10-13-15-27)38(47)41-25-42-39(48)36-18-17-35(54-36)29-19-28(20-31(21-29)52-8-3)34(45)22-30(40(49)51-5)23-37(46)50-4/h10,12-15,17-21,26,30,32-33H,6-9,11,16,22-25H2,1-5H3,(H,41,47)(H,42,48)/t30-,32-,33-/m1/s1. The lowest BCUT2D eigenvalue weighted by molar-refractivity contribution is -0.200. The van der Waals surface area contributed by atoms with Gasteiger partial charge in [0.25, 0.3) is 5.91 Å². The maximum Gasteiger partial charge on any atom is 0.309 e. The van der Waals surface area contributed by atoms with Crippen LogP contribution in [0.15, 0.2) is 65.1 Å². The van der Waals surface area contributed by atoms with Crippen LogP contribution in [0.4, 0.5) is 0 Å². The number of amides is 3. The molecular weight excluding hydrogens is 698 g/mol. The van der Waals surface area contributed by atoms with E-state index in [0.29, 0.717) is 37.2 Å². The summed E-state index contributed by atoms with van der Waals surface area (Å²) in [5.41, 5.74) is 1.50. The third-order valence-electron chi connectivity index (χ3n) is 8.76. The Bertz CT molecular complexity index is 1690.